The Morgan fingerprint density at radius 3 is 2.82 bits per heavy atom. The third-order valence-electron chi connectivity index (χ3n) is 3.72. The van der Waals surface area contributed by atoms with Crippen molar-refractivity contribution in [2.24, 2.45) is 0 Å². The molecule has 0 bridgehead atoms. The highest BCUT2D eigenvalue weighted by atomic mass is 32.1. The van der Waals surface area contributed by atoms with Crippen LogP contribution in [0.3, 0.4) is 0 Å². The lowest BCUT2D eigenvalue weighted by atomic mass is 10.2. The van der Waals surface area contributed by atoms with Crippen LogP contribution in [0.4, 0.5) is 19.0 Å². The fourth-order valence-electron chi connectivity index (χ4n) is 2.48. The fraction of sp³-hybridized carbons (Fsp3) is 0.176. The maximum atomic E-state index is 12.4. The molecule has 0 aliphatic rings. The van der Waals surface area contributed by atoms with E-state index in [1.54, 1.807) is 40.1 Å². The first-order valence-electron chi connectivity index (χ1n) is 8.12. The molecule has 0 radical (unpaired) electrons. The molecule has 4 aromatic heterocycles. The molecule has 0 aromatic carbocycles. The maximum Gasteiger partial charge on any atom is 0.422 e. The number of fused-ring (bicyclic) bond motifs is 1. The van der Waals surface area contributed by atoms with Gasteiger partial charge in [0.2, 0.25) is 5.88 Å². The molecule has 0 atom stereocenters. The minimum Gasteiger partial charge on any atom is -0.468 e. The molecule has 0 aliphatic heterocycles. The third kappa shape index (κ3) is 4.03. The Bertz CT molecular complexity index is 1080. The van der Waals surface area contributed by atoms with Crippen molar-refractivity contribution in [3.05, 3.63) is 52.9 Å². The first-order chi connectivity index (χ1) is 13.5. The second kappa shape index (κ2) is 7.43. The SMILES string of the molecule is FC(F)(F)COc1ncccc1CNc1ccc2nnc(-c3ccsc3)n2n1. The van der Waals surface area contributed by atoms with Crippen molar-refractivity contribution in [2.75, 3.05) is 11.9 Å². The van der Waals surface area contributed by atoms with Crippen molar-refractivity contribution in [3.63, 3.8) is 0 Å². The summed E-state index contributed by atoms with van der Waals surface area (Å²) < 4.78 is 43.6. The lowest BCUT2D eigenvalue weighted by Crippen LogP contribution is -2.20. The van der Waals surface area contributed by atoms with Crippen LogP contribution in [0.15, 0.2) is 47.3 Å². The number of thiophene rings is 1. The molecule has 0 aliphatic carbocycles. The van der Waals surface area contributed by atoms with Gasteiger partial charge in [-0.25, -0.2) is 4.98 Å². The molecule has 0 saturated heterocycles. The summed E-state index contributed by atoms with van der Waals surface area (Å²) in [5.74, 6) is 1.04. The first kappa shape index (κ1) is 18.2. The average Bonchev–Trinajstić information content (AvgIpc) is 3.33. The summed E-state index contributed by atoms with van der Waals surface area (Å²) in [5, 5.41) is 19.6. The Labute approximate surface area is 160 Å². The topological polar surface area (TPSA) is 77.2 Å². The summed E-state index contributed by atoms with van der Waals surface area (Å²) in [6, 6.07) is 8.65. The molecule has 0 saturated carbocycles. The molecule has 4 aromatic rings. The number of anilines is 1. The van der Waals surface area contributed by atoms with Crippen LogP contribution in [0.25, 0.3) is 17.0 Å². The fourth-order valence-corrected chi connectivity index (χ4v) is 3.11. The summed E-state index contributed by atoms with van der Waals surface area (Å²) >= 11 is 1.54. The Morgan fingerprint density at radius 2 is 2.04 bits per heavy atom. The highest BCUT2D eigenvalue weighted by molar-refractivity contribution is 7.08. The van der Waals surface area contributed by atoms with Crippen molar-refractivity contribution >= 4 is 22.8 Å². The molecule has 11 heteroatoms. The summed E-state index contributed by atoms with van der Waals surface area (Å²) in [5.41, 5.74) is 1.97. The Morgan fingerprint density at radius 1 is 1.14 bits per heavy atom. The van der Waals surface area contributed by atoms with Crippen LogP contribution in [-0.2, 0) is 6.54 Å². The largest absolute Gasteiger partial charge is 0.468 e. The quantitative estimate of drug-likeness (QED) is 0.525. The van der Waals surface area contributed by atoms with Crippen LogP contribution < -0.4 is 10.1 Å². The molecule has 0 unspecified atom stereocenters. The standard InChI is InChI=1S/C17H13F3N6OS/c18-17(19,20)10-27-16-11(2-1-6-21-16)8-22-13-3-4-14-23-24-15(26(14)25-13)12-5-7-28-9-12/h1-7,9H,8,10H2,(H,22,25). The average molecular weight is 406 g/mol. The van der Waals surface area contributed by atoms with Gasteiger partial charge in [-0.3, -0.25) is 0 Å². The third-order valence-corrected chi connectivity index (χ3v) is 4.41. The lowest BCUT2D eigenvalue weighted by Gasteiger charge is -2.12. The second-order valence-corrected chi connectivity index (χ2v) is 6.53. The zero-order chi connectivity index (χ0) is 19.6. The van der Waals surface area contributed by atoms with Gasteiger partial charge in [-0.15, -0.1) is 15.3 Å². The van der Waals surface area contributed by atoms with Gasteiger partial charge in [-0.05, 0) is 29.6 Å². The monoisotopic (exact) mass is 406 g/mol. The van der Waals surface area contributed by atoms with E-state index in [2.05, 4.69) is 25.6 Å². The zero-order valence-electron chi connectivity index (χ0n) is 14.2. The summed E-state index contributed by atoms with van der Waals surface area (Å²) in [6.45, 7) is -1.21. The van der Waals surface area contributed by atoms with Crippen LogP contribution in [0, 0.1) is 0 Å². The summed E-state index contributed by atoms with van der Waals surface area (Å²) in [4.78, 5) is 3.88. The molecule has 0 fully saturated rings. The smallest absolute Gasteiger partial charge is 0.422 e. The summed E-state index contributed by atoms with van der Waals surface area (Å²) in [7, 11) is 0. The number of nitrogens with zero attached hydrogens (tertiary/aromatic N) is 5. The van der Waals surface area contributed by atoms with Gasteiger partial charge in [-0.2, -0.15) is 29.0 Å². The second-order valence-electron chi connectivity index (χ2n) is 5.75. The molecule has 144 valence electrons. The summed E-state index contributed by atoms with van der Waals surface area (Å²) in [6.07, 6.45) is -3.05. The van der Waals surface area contributed by atoms with Gasteiger partial charge in [0.15, 0.2) is 18.1 Å². The molecule has 1 N–H and O–H groups in total. The molecule has 28 heavy (non-hydrogen) atoms. The molecule has 0 amide bonds. The van der Waals surface area contributed by atoms with E-state index in [4.69, 9.17) is 4.74 Å². The van der Waals surface area contributed by atoms with Crippen molar-refractivity contribution in [2.45, 2.75) is 12.7 Å². The Balaban J connectivity index is 1.53. The van der Waals surface area contributed by atoms with Crippen molar-refractivity contribution in [3.8, 4) is 17.3 Å². The molecular formula is C17H13F3N6OS. The van der Waals surface area contributed by atoms with Crippen LogP contribution in [0.2, 0.25) is 0 Å². The highest BCUT2D eigenvalue weighted by Crippen LogP contribution is 2.22. The number of hydrogen-bond donors (Lipinski definition) is 1. The van der Waals surface area contributed by atoms with E-state index in [1.165, 1.54) is 6.20 Å². The molecule has 4 rings (SSSR count). The number of nitrogens with one attached hydrogen (secondary N) is 1. The lowest BCUT2D eigenvalue weighted by molar-refractivity contribution is -0.154. The van der Waals surface area contributed by atoms with Crippen LogP contribution >= 0.6 is 11.3 Å². The van der Waals surface area contributed by atoms with Crippen molar-refractivity contribution in [1.82, 2.24) is 24.8 Å². The number of halogens is 3. The number of rotatable bonds is 6. The number of pyridine rings is 1. The number of aromatic nitrogens is 5. The first-order valence-corrected chi connectivity index (χ1v) is 9.06. The van der Waals surface area contributed by atoms with Gasteiger partial charge in [-0.1, -0.05) is 6.07 Å². The molecular weight excluding hydrogens is 393 g/mol. The van der Waals surface area contributed by atoms with E-state index in [0.717, 1.165) is 5.56 Å². The van der Waals surface area contributed by atoms with E-state index in [9.17, 15) is 13.2 Å². The minimum absolute atomic E-state index is 0.0725. The Hall–Kier alpha value is -3.21. The molecule has 7 nitrogen and oxygen atoms in total. The maximum absolute atomic E-state index is 12.4. The predicted octanol–water partition coefficient (Wildman–Crippen LogP) is 3.80. The van der Waals surface area contributed by atoms with E-state index < -0.39 is 12.8 Å². The minimum atomic E-state index is -4.43. The van der Waals surface area contributed by atoms with Crippen LogP contribution in [0.5, 0.6) is 5.88 Å². The van der Waals surface area contributed by atoms with Crippen molar-refractivity contribution < 1.29 is 17.9 Å². The number of alkyl halides is 3. The van der Waals surface area contributed by atoms with E-state index in [-0.39, 0.29) is 12.4 Å². The van der Waals surface area contributed by atoms with Gasteiger partial charge < -0.3 is 10.1 Å². The Kier molecular flexibility index (Phi) is 4.82. The van der Waals surface area contributed by atoms with Crippen molar-refractivity contribution in [1.29, 1.82) is 0 Å². The van der Waals surface area contributed by atoms with Gasteiger partial charge in [0.05, 0.1) is 0 Å². The van der Waals surface area contributed by atoms with Crippen LogP contribution in [0.1, 0.15) is 5.56 Å². The number of hydrogen-bond acceptors (Lipinski definition) is 7. The van der Waals surface area contributed by atoms with Crippen LogP contribution in [-0.4, -0.2) is 37.6 Å². The van der Waals surface area contributed by atoms with Gasteiger partial charge >= 0.3 is 6.18 Å². The van der Waals surface area contributed by atoms with Gasteiger partial charge in [0, 0.05) is 29.2 Å². The van der Waals surface area contributed by atoms with Gasteiger partial charge in [0.1, 0.15) is 5.82 Å². The number of ether oxygens (including phenoxy) is 1. The highest BCUT2D eigenvalue weighted by Gasteiger charge is 2.29. The van der Waals surface area contributed by atoms with Gasteiger partial charge in [0.25, 0.3) is 0 Å². The van der Waals surface area contributed by atoms with E-state index in [1.807, 2.05) is 16.8 Å². The normalized spacial score (nSPS) is 11.7. The molecule has 4 heterocycles. The molecule has 0 spiro atoms. The van der Waals surface area contributed by atoms with E-state index in [0.29, 0.717) is 22.9 Å². The zero-order valence-corrected chi connectivity index (χ0v) is 15.0. The van der Waals surface area contributed by atoms with E-state index >= 15 is 0 Å². The predicted molar refractivity (Wildman–Crippen MR) is 97.2 cm³/mol.